The fraction of sp³-hybridized carbons (Fsp3) is 1.00. The normalized spacial score (nSPS) is 30.5. The maximum Gasteiger partial charge on any atom is 0.0121 e. The summed E-state index contributed by atoms with van der Waals surface area (Å²) >= 11 is 0. The molecule has 1 aliphatic carbocycles. The minimum atomic E-state index is 0.572. The van der Waals surface area contributed by atoms with E-state index in [1.165, 1.54) is 32.2 Å². The Morgan fingerprint density at radius 1 is 1.29 bits per heavy atom. The summed E-state index contributed by atoms with van der Waals surface area (Å²) in [7, 11) is 0. The van der Waals surface area contributed by atoms with Crippen LogP contribution in [-0.2, 0) is 0 Å². The lowest BCUT2D eigenvalue weighted by atomic mass is 9.64. The second kappa shape index (κ2) is 6.22. The first-order valence-electron chi connectivity index (χ1n) is 7.60. The number of nitrogens with one attached hydrogen (secondary N) is 1. The Bertz CT molecular complexity index is 220. The van der Waals surface area contributed by atoms with Gasteiger partial charge >= 0.3 is 0 Å². The molecule has 0 aromatic carbocycles. The van der Waals surface area contributed by atoms with Gasteiger partial charge in [-0.1, -0.05) is 41.5 Å². The summed E-state index contributed by atoms with van der Waals surface area (Å²) < 4.78 is 0. The number of rotatable bonds is 5. The van der Waals surface area contributed by atoms with E-state index in [-0.39, 0.29) is 0 Å². The van der Waals surface area contributed by atoms with Crippen LogP contribution in [0.3, 0.4) is 0 Å². The maximum atomic E-state index is 3.80. The first-order valence-corrected chi connectivity index (χ1v) is 7.60. The molecule has 1 heteroatoms. The van der Waals surface area contributed by atoms with Gasteiger partial charge in [0.1, 0.15) is 0 Å². The van der Waals surface area contributed by atoms with Crippen molar-refractivity contribution in [3.05, 3.63) is 0 Å². The molecule has 0 amide bonds. The van der Waals surface area contributed by atoms with E-state index in [9.17, 15) is 0 Å². The minimum Gasteiger partial charge on any atom is -0.313 e. The molecule has 1 N–H and O–H groups in total. The molecule has 0 aliphatic heterocycles. The van der Waals surface area contributed by atoms with Gasteiger partial charge in [0.25, 0.3) is 0 Å². The largest absolute Gasteiger partial charge is 0.313 e. The summed E-state index contributed by atoms with van der Waals surface area (Å²) in [4.78, 5) is 0. The first kappa shape index (κ1) is 15.0. The standard InChI is InChI=1S/C16H33N/c1-7-10-17-15(12(2)3)14-8-9-16(5,6)11-13(14)4/h12-15,17H,7-11H2,1-6H3. The lowest BCUT2D eigenvalue weighted by Crippen LogP contribution is -2.46. The molecule has 3 atom stereocenters. The van der Waals surface area contributed by atoms with Crippen LogP contribution in [-0.4, -0.2) is 12.6 Å². The molecule has 102 valence electrons. The lowest BCUT2D eigenvalue weighted by molar-refractivity contribution is 0.0869. The van der Waals surface area contributed by atoms with E-state index in [0.717, 1.165) is 23.8 Å². The molecule has 17 heavy (non-hydrogen) atoms. The molecule has 1 fully saturated rings. The van der Waals surface area contributed by atoms with E-state index < -0.39 is 0 Å². The van der Waals surface area contributed by atoms with Gasteiger partial charge in [0.05, 0.1) is 0 Å². The van der Waals surface area contributed by atoms with E-state index in [2.05, 4.69) is 46.9 Å². The van der Waals surface area contributed by atoms with E-state index in [0.29, 0.717) is 5.41 Å². The Labute approximate surface area is 109 Å². The van der Waals surface area contributed by atoms with Crippen LogP contribution in [0.4, 0.5) is 0 Å². The lowest BCUT2D eigenvalue weighted by Gasteiger charge is -2.44. The van der Waals surface area contributed by atoms with Gasteiger partial charge < -0.3 is 5.32 Å². The summed E-state index contributed by atoms with van der Waals surface area (Å²) in [5, 5.41) is 3.80. The molecule has 0 heterocycles. The molecule has 0 saturated heterocycles. The van der Waals surface area contributed by atoms with Gasteiger partial charge in [0.2, 0.25) is 0 Å². The van der Waals surface area contributed by atoms with Crippen molar-refractivity contribution in [1.82, 2.24) is 5.32 Å². The van der Waals surface area contributed by atoms with E-state index in [1.807, 2.05) is 0 Å². The van der Waals surface area contributed by atoms with Crippen LogP contribution in [0.2, 0.25) is 0 Å². The topological polar surface area (TPSA) is 12.0 Å². The van der Waals surface area contributed by atoms with Crippen LogP contribution >= 0.6 is 0 Å². The predicted octanol–water partition coefficient (Wildman–Crippen LogP) is 4.47. The van der Waals surface area contributed by atoms with E-state index in [4.69, 9.17) is 0 Å². The van der Waals surface area contributed by atoms with Crippen molar-refractivity contribution in [3.8, 4) is 0 Å². The predicted molar refractivity (Wildman–Crippen MR) is 77.2 cm³/mol. The number of hydrogen-bond donors (Lipinski definition) is 1. The molecule has 0 spiro atoms. The van der Waals surface area contributed by atoms with Gasteiger partial charge in [-0.05, 0) is 55.4 Å². The molecule has 0 bridgehead atoms. The van der Waals surface area contributed by atoms with Crippen molar-refractivity contribution in [2.24, 2.45) is 23.2 Å². The third kappa shape index (κ3) is 4.28. The summed E-state index contributed by atoms with van der Waals surface area (Å²) in [6.07, 6.45) is 5.46. The highest BCUT2D eigenvalue weighted by molar-refractivity contribution is 4.90. The third-order valence-corrected chi connectivity index (χ3v) is 4.57. The quantitative estimate of drug-likeness (QED) is 0.746. The van der Waals surface area contributed by atoms with Crippen molar-refractivity contribution < 1.29 is 0 Å². The fourth-order valence-electron chi connectivity index (χ4n) is 3.69. The van der Waals surface area contributed by atoms with Gasteiger partial charge in [0.15, 0.2) is 0 Å². The second-order valence-corrected chi connectivity index (χ2v) is 7.27. The summed E-state index contributed by atoms with van der Waals surface area (Å²) in [6, 6.07) is 0.723. The van der Waals surface area contributed by atoms with Crippen LogP contribution in [0.1, 0.15) is 67.2 Å². The Balaban J connectivity index is 2.62. The van der Waals surface area contributed by atoms with Crippen LogP contribution in [0.5, 0.6) is 0 Å². The molecule has 0 radical (unpaired) electrons. The molecule has 1 rings (SSSR count). The monoisotopic (exact) mass is 239 g/mol. The van der Waals surface area contributed by atoms with Crippen molar-refractivity contribution in [2.75, 3.05) is 6.54 Å². The molecule has 1 saturated carbocycles. The molecular weight excluding hydrogens is 206 g/mol. The average Bonchev–Trinajstić information content (AvgIpc) is 2.19. The summed E-state index contributed by atoms with van der Waals surface area (Å²) in [5.41, 5.74) is 0.572. The van der Waals surface area contributed by atoms with Gasteiger partial charge in [-0.25, -0.2) is 0 Å². The van der Waals surface area contributed by atoms with Gasteiger partial charge in [-0.2, -0.15) is 0 Å². The second-order valence-electron chi connectivity index (χ2n) is 7.27. The van der Waals surface area contributed by atoms with Gasteiger partial charge in [0, 0.05) is 6.04 Å². The highest BCUT2D eigenvalue weighted by atomic mass is 14.9. The van der Waals surface area contributed by atoms with Crippen molar-refractivity contribution in [3.63, 3.8) is 0 Å². The zero-order valence-corrected chi connectivity index (χ0v) is 12.8. The van der Waals surface area contributed by atoms with Crippen LogP contribution in [0, 0.1) is 23.2 Å². The van der Waals surface area contributed by atoms with Crippen molar-refractivity contribution >= 4 is 0 Å². The Morgan fingerprint density at radius 2 is 1.94 bits per heavy atom. The molecule has 0 aromatic heterocycles. The smallest absolute Gasteiger partial charge is 0.0121 e. The Morgan fingerprint density at radius 3 is 2.41 bits per heavy atom. The van der Waals surface area contributed by atoms with Crippen LogP contribution < -0.4 is 5.32 Å². The zero-order valence-electron chi connectivity index (χ0n) is 12.8. The highest BCUT2D eigenvalue weighted by Gasteiger charge is 2.36. The van der Waals surface area contributed by atoms with Gasteiger partial charge in [-0.3, -0.25) is 0 Å². The Kier molecular flexibility index (Phi) is 5.50. The molecule has 3 unspecified atom stereocenters. The van der Waals surface area contributed by atoms with Crippen molar-refractivity contribution in [2.45, 2.75) is 73.3 Å². The maximum absolute atomic E-state index is 3.80. The van der Waals surface area contributed by atoms with Crippen molar-refractivity contribution in [1.29, 1.82) is 0 Å². The molecule has 1 nitrogen and oxygen atoms in total. The van der Waals surface area contributed by atoms with E-state index >= 15 is 0 Å². The molecular formula is C16H33N. The highest BCUT2D eigenvalue weighted by Crippen LogP contribution is 2.43. The molecule has 1 aliphatic rings. The Hall–Kier alpha value is -0.0400. The third-order valence-electron chi connectivity index (χ3n) is 4.57. The summed E-state index contributed by atoms with van der Waals surface area (Å²) in [5.74, 6) is 2.51. The summed E-state index contributed by atoms with van der Waals surface area (Å²) in [6.45, 7) is 15.5. The SMILES string of the molecule is CCCNC(C(C)C)C1CCC(C)(C)CC1C. The van der Waals surface area contributed by atoms with Crippen LogP contribution in [0.25, 0.3) is 0 Å². The van der Waals surface area contributed by atoms with Crippen LogP contribution in [0.15, 0.2) is 0 Å². The van der Waals surface area contributed by atoms with E-state index in [1.54, 1.807) is 0 Å². The molecule has 0 aromatic rings. The number of hydrogen-bond acceptors (Lipinski definition) is 1. The fourth-order valence-corrected chi connectivity index (χ4v) is 3.69. The zero-order chi connectivity index (χ0) is 13.1. The first-order chi connectivity index (χ1) is 7.87. The average molecular weight is 239 g/mol. The minimum absolute atomic E-state index is 0.572. The van der Waals surface area contributed by atoms with Gasteiger partial charge in [-0.15, -0.1) is 0 Å².